The number of hydrogen-bond acceptors (Lipinski definition) is 2. The second kappa shape index (κ2) is 8.31. The van der Waals surface area contributed by atoms with Crippen molar-refractivity contribution in [2.75, 3.05) is 6.61 Å². The fourth-order valence-corrected chi connectivity index (χ4v) is 2.36. The van der Waals surface area contributed by atoms with Gasteiger partial charge in [-0.2, -0.15) is 0 Å². The third-order valence-electron chi connectivity index (χ3n) is 3.87. The lowest BCUT2D eigenvalue weighted by Crippen LogP contribution is -2.19. The largest absolute Gasteiger partial charge is 0.493 e. The van der Waals surface area contributed by atoms with Gasteiger partial charge < -0.3 is 10.5 Å². The fraction of sp³-hybridized carbons (Fsp3) is 0.667. The second-order valence-electron chi connectivity index (χ2n) is 6.34. The molecule has 20 heavy (non-hydrogen) atoms. The zero-order valence-corrected chi connectivity index (χ0v) is 13.8. The highest BCUT2D eigenvalue weighted by molar-refractivity contribution is 5.39. The summed E-state index contributed by atoms with van der Waals surface area (Å²) in [5.74, 6) is 2.15. The average molecular weight is 277 g/mol. The molecule has 1 rings (SSSR count). The summed E-state index contributed by atoms with van der Waals surface area (Å²) in [7, 11) is 0. The van der Waals surface area contributed by atoms with Gasteiger partial charge in [0.25, 0.3) is 0 Å². The van der Waals surface area contributed by atoms with Crippen LogP contribution >= 0.6 is 0 Å². The lowest BCUT2D eigenvalue weighted by atomic mass is 9.98. The van der Waals surface area contributed by atoms with Crippen LogP contribution in [0.5, 0.6) is 5.75 Å². The van der Waals surface area contributed by atoms with Gasteiger partial charge in [0.2, 0.25) is 0 Å². The SMILES string of the molecule is CCC(CCC(C)N)COc1cc(C)ccc1C(C)C. The molecule has 0 spiro atoms. The molecule has 0 radical (unpaired) electrons. The van der Waals surface area contributed by atoms with E-state index in [1.165, 1.54) is 11.1 Å². The van der Waals surface area contributed by atoms with Crippen LogP contribution in [0.25, 0.3) is 0 Å². The first-order valence-corrected chi connectivity index (χ1v) is 7.92. The molecule has 0 amide bonds. The molecule has 0 bridgehead atoms. The van der Waals surface area contributed by atoms with Crippen molar-refractivity contribution < 1.29 is 4.74 Å². The van der Waals surface area contributed by atoms with Gasteiger partial charge in [0.1, 0.15) is 5.75 Å². The standard InChI is InChI=1S/C18H31NO/c1-6-16(9-8-15(5)19)12-20-18-11-14(4)7-10-17(18)13(2)3/h7,10-11,13,15-16H,6,8-9,12,19H2,1-5H3. The summed E-state index contributed by atoms with van der Waals surface area (Å²) in [5.41, 5.74) is 8.41. The molecule has 2 atom stereocenters. The minimum Gasteiger partial charge on any atom is -0.493 e. The molecule has 0 saturated heterocycles. The highest BCUT2D eigenvalue weighted by Gasteiger charge is 2.12. The molecule has 0 aliphatic heterocycles. The molecule has 1 aromatic carbocycles. The molecule has 2 N–H and O–H groups in total. The van der Waals surface area contributed by atoms with Gasteiger partial charge in [-0.25, -0.2) is 0 Å². The van der Waals surface area contributed by atoms with E-state index in [4.69, 9.17) is 10.5 Å². The summed E-state index contributed by atoms with van der Waals surface area (Å²) >= 11 is 0. The van der Waals surface area contributed by atoms with E-state index in [1.54, 1.807) is 0 Å². The van der Waals surface area contributed by atoms with Gasteiger partial charge in [0.15, 0.2) is 0 Å². The number of nitrogens with two attached hydrogens (primary N) is 1. The molecule has 2 nitrogen and oxygen atoms in total. The van der Waals surface area contributed by atoms with E-state index < -0.39 is 0 Å². The molecular formula is C18H31NO. The summed E-state index contributed by atoms with van der Waals surface area (Å²) in [4.78, 5) is 0. The Labute approximate surface area is 124 Å². The minimum absolute atomic E-state index is 0.286. The van der Waals surface area contributed by atoms with Gasteiger partial charge in [0.05, 0.1) is 6.61 Å². The molecule has 0 saturated carbocycles. The summed E-state index contributed by atoms with van der Waals surface area (Å²) in [6.07, 6.45) is 3.37. The van der Waals surface area contributed by atoms with Crippen LogP contribution in [0.1, 0.15) is 64.0 Å². The Morgan fingerprint density at radius 3 is 2.40 bits per heavy atom. The van der Waals surface area contributed by atoms with Crippen molar-refractivity contribution >= 4 is 0 Å². The predicted octanol–water partition coefficient (Wildman–Crippen LogP) is 4.65. The van der Waals surface area contributed by atoms with E-state index in [-0.39, 0.29) is 6.04 Å². The van der Waals surface area contributed by atoms with Gasteiger partial charge in [-0.05, 0) is 55.7 Å². The van der Waals surface area contributed by atoms with Crippen molar-refractivity contribution in [2.24, 2.45) is 11.7 Å². The zero-order valence-electron chi connectivity index (χ0n) is 13.8. The molecular weight excluding hydrogens is 246 g/mol. The fourth-order valence-electron chi connectivity index (χ4n) is 2.36. The van der Waals surface area contributed by atoms with E-state index in [9.17, 15) is 0 Å². The van der Waals surface area contributed by atoms with E-state index >= 15 is 0 Å². The van der Waals surface area contributed by atoms with E-state index in [0.717, 1.165) is 31.6 Å². The molecule has 0 aliphatic carbocycles. The Kier molecular flexibility index (Phi) is 7.08. The van der Waals surface area contributed by atoms with Crippen LogP contribution in [0, 0.1) is 12.8 Å². The van der Waals surface area contributed by atoms with Gasteiger partial charge in [-0.15, -0.1) is 0 Å². The number of ether oxygens (including phenoxy) is 1. The number of rotatable bonds is 8. The molecule has 2 unspecified atom stereocenters. The first kappa shape index (κ1) is 17.0. The Hall–Kier alpha value is -1.02. The molecule has 0 aromatic heterocycles. The zero-order chi connectivity index (χ0) is 15.1. The van der Waals surface area contributed by atoms with E-state index in [1.807, 2.05) is 0 Å². The van der Waals surface area contributed by atoms with Crippen molar-refractivity contribution in [3.05, 3.63) is 29.3 Å². The maximum atomic E-state index is 6.12. The van der Waals surface area contributed by atoms with E-state index in [0.29, 0.717) is 11.8 Å². The number of hydrogen-bond donors (Lipinski definition) is 1. The van der Waals surface area contributed by atoms with Crippen molar-refractivity contribution in [3.63, 3.8) is 0 Å². The highest BCUT2D eigenvalue weighted by Crippen LogP contribution is 2.28. The molecule has 0 aliphatic rings. The smallest absolute Gasteiger partial charge is 0.123 e. The van der Waals surface area contributed by atoms with Crippen LogP contribution < -0.4 is 10.5 Å². The Morgan fingerprint density at radius 2 is 1.85 bits per heavy atom. The molecule has 1 aromatic rings. The van der Waals surface area contributed by atoms with Gasteiger partial charge >= 0.3 is 0 Å². The molecule has 0 heterocycles. The van der Waals surface area contributed by atoms with Crippen LogP contribution in [0.3, 0.4) is 0 Å². The quantitative estimate of drug-likeness (QED) is 0.750. The van der Waals surface area contributed by atoms with Gasteiger partial charge in [-0.1, -0.05) is 39.3 Å². The van der Waals surface area contributed by atoms with Crippen molar-refractivity contribution in [1.82, 2.24) is 0 Å². The maximum Gasteiger partial charge on any atom is 0.123 e. The summed E-state index contributed by atoms with van der Waals surface area (Å²) in [6.45, 7) is 11.6. The minimum atomic E-state index is 0.286. The van der Waals surface area contributed by atoms with Gasteiger partial charge in [-0.3, -0.25) is 0 Å². The predicted molar refractivity (Wildman–Crippen MR) is 87.4 cm³/mol. The Morgan fingerprint density at radius 1 is 1.15 bits per heavy atom. The van der Waals surface area contributed by atoms with Crippen molar-refractivity contribution in [2.45, 2.75) is 65.8 Å². The summed E-state index contributed by atoms with van der Waals surface area (Å²) in [5, 5.41) is 0. The second-order valence-corrected chi connectivity index (χ2v) is 6.34. The van der Waals surface area contributed by atoms with Crippen LogP contribution in [0.2, 0.25) is 0 Å². The average Bonchev–Trinajstić information content (AvgIpc) is 2.38. The summed E-state index contributed by atoms with van der Waals surface area (Å²) in [6, 6.07) is 6.80. The van der Waals surface area contributed by atoms with Crippen LogP contribution in [0.4, 0.5) is 0 Å². The monoisotopic (exact) mass is 277 g/mol. The molecule has 0 fully saturated rings. The lowest BCUT2D eigenvalue weighted by molar-refractivity contribution is 0.229. The topological polar surface area (TPSA) is 35.2 Å². The van der Waals surface area contributed by atoms with E-state index in [2.05, 4.69) is 52.8 Å². The number of aryl methyl sites for hydroxylation is 1. The third kappa shape index (κ3) is 5.54. The van der Waals surface area contributed by atoms with Crippen molar-refractivity contribution in [1.29, 1.82) is 0 Å². The number of benzene rings is 1. The van der Waals surface area contributed by atoms with Crippen LogP contribution in [-0.2, 0) is 0 Å². The first-order valence-electron chi connectivity index (χ1n) is 7.92. The van der Waals surface area contributed by atoms with Crippen molar-refractivity contribution in [3.8, 4) is 5.75 Å². The maximum absolute atomic E-state index is 6.12. The van der Waals surface area contributed by atoms with Gasteiger partial charge in [0, 0.05) is 6.04 Å². The highest BCUT2D eigenvalue weighted by atomic mass is 16.5. The van der Waals surface area contributed by atoms with Crippen LogP contribution in [-0.4, -0.2) is 12.6 Å². The normalized spacial score (nSPS) is 14.3. The molecule has 2 heteroatoms. The molecule has 114 valence electrons. The Balaban J connectivity index is 2.65. The first-order chi connectivity index (χ1) is 9.43. The summed E-state index contributed by atoms with van der Waals surface area (Å²) < 4.78 is 6.12. The lowest BCUT2D eigenvalue weighted by Gasteiger charge is -2.20. The third-order valence-corrected chi connectivity index (χ3v) is 3.87. The van der Waals surface area contributed by atoms with Crippen LogP contribution in [0.15, 0.2) is 18.2 Å². The Bertz CT molecular complexity index is 398.